The molecule has 0 saturated heterocycles. The summed E-state index contributed by atoms with van der Waals surface area (Å²) in [5.41, 5.74) is 14.6. The number of carboxylic acids is 2. The summed E-state index contributed by atoms with van der Waals surface area (Å²) >= 11 is 0. The van der Waals surface area contributed by atoms with E-state index in [2.05, 4.69) is 0 Å². The number of carbonyl (C=O) groups excluding carboxylic acids is 1. The average Bonchev–Trinajstić information content (AvgIpc) is 2.39. The molecule has 1 rings (SSSR count). The Morgan fingerprint density at radius 1 is 1.08 bits per heavy atom. The summed E-state index contributed by atoms with van der Waals surface area (Å²) in [5, 5.41) is 18.5. The predicted molar refractivity (Wildman–Crippen MR) is 83.4 cm³/mol. The maximum absolute atomic E-state index is 10.9. The van der Waals surface area contributed by atoms with Crippen LogP contribution in [-0.4, -0.2) is 62.1 Å². The fourth-order valence-corrected chi connectivity index (χ4v) is 2.40. The molecule has 13 heteroatoms. The first kappa shape index (κ1) is 26.4. The Bertz CT molecular complexity index is 491. The van der Waals surface area contributed by atoms with Gasteiger partial charge < -0.3 is 36.8 Å². The van der Waals surface area contributed by atoms with E-state index in [1.807, 2.05) is 0 Å². The molecule has 1 saturated carbocycles. The zero-order valence-corrected chi connectivity index (χ0v) is 16.3. The molecule has 150 valence electrons. The number of carboxylic acid groups (broad SMARTS) is 2. The van der Waals surface area contributed by atoms with E-state index in [9.17, 15) is 18.9 Å². The molecule has 0 aromatic rings. The van der Waals surface area contributed by atoms with Crippen molar-refractivity contribution >= 4 is 25.4 Å². The first-order chi connectivity index (χ1) is 10.9. The minimum Gasteiger partial charge on any atom is -0.676 e. The quantitative estimate of drug-likeness (QED) is 0.289. The van der Waals surface area contributed by atoms with Gasteiger partial charge in [0, 0.05) is 21.1 Å². The number of nitrogens with one attached hydrogen (secondary N) is 3. The fraction of sp³-hybridized carbons (Fsp3) is 0.750. The van der Waals surface area contributed by atoms with Crippen LogP contribution in [0.15, 0.2) is 0 Å². The van der Waals surface area contributed by atoms with Gasteiger partial charge in [-0.15, -0.1) is 0 Å². The van der Waals surface area contributed by atoms with Gasteiger partial charge >= 0.3 is 19.5 Å². The Morgan fingerprint density at radius 2 is 1.52 bits per heavy atom. The summed E-state index contributed by atoms with van der Waals surface area (Å²) in [6.45, 7) is 0. The summed E-state index contributed by atoms with van der Waals surface area (Å²) in [7, 11) is -4.59. The van der Waals surface area contributed by atoms with Crippen LogP contribution in [-0.2, 0) is 40.0 Å². The van der Waals surface area contributed by atoms with Crippen LogP contribution < -0.4 is 5.32 Å². The molecule has 0 unspecified atom stereocenters. The Labute approximate surface area is 158 Å². The number of hydrogen-bond donors (Lipinski definition) is 5. The molecule has 1 amide bonds. The number of rotatable bonds is 6. The molecule has 11 nitrogen and oxygen atoms in total. The van der Waals surface area contributed by atoms with Gasteiger partial charge in [-0.3, -0.25) is 14.2 Å². The number of carbonyl (C=O) groups is 3. The third kappa shape index (κ3) is 14.1. The summed E-state index contributed by atoms with van der Waals surface area (Å²) in [6, 6.07) is -1.87. The van der Waals surface area contributed by atoms with E-state index in [0.717, 1.165) is 12.8 Å². The van der Waals surface area contributed by atoms with E-state index >= 15 is 0 Å². The minimum atomic E-state index is -4.59. The van der Waals surface area contributed by atoms with Gasteiger partial charge in [-0.25, -0.2) is 4.79 Å². The van der Waals surface area contributed by atoms with Gasteiger partial charge in [-0.05, 0) is 0 Å². The van der Waals surface area contributed by atoms with Crippen molar-refractivity contribution in [3.63, 3.8) is 0 Å². The van der Waals surface area contributed by atoms with E-state index in [-0.39, 0.29) is 33.1 Å². The molecule has 3 atom stereocenters. The number of aliphatic carboxylic acids is 2. The molecule has 0 bridgehead atoms. The molecule has 1 fully saturated rings. The van der Waals surface area contributed by atoms with Crippen LogP contribution >= 0.6 is 7.60 Å². The molecule has 25 heavy (non-hydrogen) atoms. The van der Waals surface area contributed by atoms with E-state index in [0.29, 0.717) is 0 Å². The number of hydrogen-bond acceptors (Lipinski definition) is 4. The van der Waals surface area contributed by atoms with Gasteiger partial charge in [-0.1, -0.05) is 25.7 Å². The molecule has 0 aromatic carbocycles. The molecule has 1 aliphatic carbocycles. The smallest absolute Gasteiger partial charge is 0.334 e. The minimum absolute atomic E-state index is 0. The Hall–Kier alpha value is -0.832. The van der Waals surface area contributed by atoms with Gasteiger partial charge in [0.1, 0.15) is 12.2 Å². The maximum Gasteiger partial charge on any atom is 0.334 e. The molecule has 0 aromatic heterocycles. The fourth-order valence-electron chi connectivity index (χ4n) is 1.93. The molecular formula is C12H22N3O8PPt-2. The van der Waals surface area contributed by atoms with Crippen LogP contribution in [0.1, 0.15) is 32.1 Å². The topological polar surface area (TPSA) is 209 Å². The van der Waals surface area contributed by atoms with Crippen LogP contribution in [0.4, 0.5) is 0 Å². The van der Waals surface area contributed by atoms with Gasteiger partial charge in [0.15, 0.2) is 0 Å². The SMILES string of the molecule is O=C(O)C[C@H](NC(=O)CP(=O)(O)O)C(=O)O.[NH-][C@@H]1CCCC[C@H]1[NH-].[Pt]. The van der Waals surface area contributed by atoms with Crippen molar-refractivity contribution in [1.29, 1.82) is 0 Å². The summed E-state index contributed by atoms with van der Waals surface area (Å²) in [5.74, 6) is -4.27. The van der Waals surface area contributed by atoms with Crippen LogP contribution in [0.5, 0.6) is 0 Å². The van der Waals surface area contributed by atoms with Crippen molar-refractivity contribution in [1.82, 2.24) is 5.32 Å². The summed E-state index contributed by atoms with van der Waals surface area (Å²) < 4.78 is 10.4. The van der Waals surface area contributed by atoms with Crippen LogP contribution in [0.2, 0.25) is 0 Å². The third-order valence-electron chi connectivity index (χ3n) is 3.13. The largest absolute Gasteiger partial charge is 0.676 e. The van der Waals surface area contributed by atoms with Crippen LogP contribution in [0.25, 0.3) is 11.5 Å². The Morgan fingerprint density at radius 3 is 1.80 bits per heavy atom. The first-order valence-corrected chi connectivity index (χ1v) is 8.93. The maximum atomic E-state index is 10.9. The van der Waals surface area contributed by atoms with E-state index in [1.54, 1.807) is 5.32 Å². The van der Waals surface area contributed by atoms with E-state index in [4.69, 9.17) is 31.5 Å². The summed E-state index contributed by atoms with van der Waals surface area (Å²) in [4.78, 5) is 48.4. The molecule has 0 aliphatic heterocycles. The second-order valence-electron chi connectivity index (χ2n) is 5.38. The van der Waals surface area contributed by atoms with Crippen molar-refractivity contribution in [2.24, 2.45) is 0 Å². The van der Waals surface area contributed by atoms with Gasteiger partial charge in [-0.2, -0.15) is 12.1 Å². The Balaban J connectivity index is 0. The van der Waals surface area contributed by atoms with E-state index < -0.39 is 44.1 Å². The molecule has 0 radical (unpaired) electrons. The van der Waals surface area contributed by atoms with Crippen molar-refractivity contribution in [2.45, 2.75) is 50.2 Å². The monoisotopic (exact) mass is 562 g/mol. The zero-order valence-electron chi connectivity index (χ0n) is 13.2. The average molecular weight is 562 g/mol. The van der Waals surface area contributed by atoms with Crippen molar-refractivity contribution < 1.29 is 60.0 Å². The first-order valence-electron chi connectivity index (χ1n) is 7.13. The van der Waals surface area contributed by atoms with Crippen molar-refractivity contribution in [3.05, 3.63) is 11.5 Å². The zero-order chi connectivity index (χ0) is 18.9. The normalized spacial score (nSPS) is 21.0. The molecule has 1 aliphatic rings. The standard InChI is InChI=1S/C6H12N2.C6H10NO8P.Pt/c7-5-3-1-2-4-6(5)8;8-4(2-16(13,14)15)7-3(6(11)12)1-5(9)10;/h5-8H,1-4H2;3H,1-2H2,(H,7,8)(H,9,10)(H,11,12)(H2,13,14,15);/q-2;;/t5-,6-;3-;/m10./s1. The predicted octanol–water partition coefficient (Wildman–Crippen LogP) is 0.608. The van der Waals surface area contributed by atoms with Gasteiger partial charge in [0.25, 0.3) is 0 Å². The molecular weight excluding hydrogens is 540 g/mol. The van der Waals surface area contributed by atoms with Gasteiger partial charge in [0.05, 0.1) is 6.42 Å². The van der Waals surface area contributed by atoms with Gasteiger partial charge in [0.2, 0.25) is 5.91 Å². The van der Waals surface area contributed by atoms with Crippen LogP contribution in [0.3, 0.4) is 0 Å². The van der Waals surface area contributed by atoms with Crippen LogP contribution in [0, 0.1) is 0 Å². The second-order valence-corrected chi connectivity index (χ2v) is 7.02. The molecule has 0 heterocycles. The number of amides is 1. The Kier molecular flexibility index (Phi) is 13.2. The van der Waals surface area contributed by atoms with E-state index in [1.165, 1.54) is 12.8 Å². The molecule has 0 spiro atoms. The third-order valence-corrected chi connectivity index (χ3v) is 3.83. The summed E-state index contributed by atoms with van der Waals surface area (Å²) in [6.07, 6.45) is 2.19. The second kappa shape index (κ2) is 12.5. The molecule has 7 N–H and O–H groups in total. The van der Waals surface area contributed by atoms with Crippen molar-refractivity contribution in [3.8, 4) is 0 Å². The van der Waals surface area contributed by atoms with Crippen molar-refractivity contribution in [2.75, 3.05) is 6.16 Å².